The van der Waals surface area contributed by atoms with Crippen LogP contribution in [0.2, 0.25) is 5.02 Å². The Hall–Kier alpha value is -3.12. The van der Waals surface area contributed by atoms with Crippen LogP contribution < -0.4 is 10.6 Å². The van der Waals surface area contributed by atoms with Crippen LogP contribution in [0.15, 0.2) is 54.7 Å². The van der Waals surface area contributed by atoms with Crippen LogP contribution >= 0.6 is 11.6 Å². The Balaban J connectivity index is 1.69. The Labute approximate surface area is 162 Å². The molecule has 6 nitrogen and oxygen atoms in total. The van der Waals surface area contributed by atoms with E-state index >= 15 is 0 Å². The van der Waals surface area contributed by atoms with E-state index in [4.69, 9.17) is 11.6 Å². The van der Waals surface area contributed by atoms with Crippen LogP contribution in [-0.4, -0.2) is 28.6 Å². The molecule has 0 radical (unpaired) electrons. The fraction of sp³-hybridized carbons (Fsp3) is 0.150. The molecular weight excluding hydrogens is 364 g/mol. The third-order valence-corrected chi connectivity index (χ3v) is 4.44. The summed E-state index contributed by atoms with van der Waals surface area (Å²) < 4.78 is 1.68. The summed E-state index contributed by atoms with van der Waals surface area (Å²) in [6.07, 6.45) is 1.54. The topological polar surface area (TPSA) is 76.0 Å². The summed E-state index contributed by atoms with van der Waals surface area (Å²) in [5.74, 6) is -0.356. The third-order valence-electron chi connectivity index (χ3n) is 4.20. The van der Waals surface area contributed by atoms with E-state index in [9.17, 15) is 9.59 Å². The van der Waals surface area contributed by atoms with Gasteiger partial charge in [-0.2, -0.15) is 5.10 Å². The van der Waals surface area contributed by atoms with E-state index in [0.717, 1.165) is 16.9 Å². The molecule has 0 aliphatic heterocycles. The van der Waals surface area contributed by atoms with Crippen molar-refractivity contribution in [1.29, 1.82) is 0 Å². The van der Waals surface area contributed by atoms with Gasteiger partial charge in [0, 0.05) is 24.2 Å². The first-order valence-corrected chi connectivity index (χ1v) is 8.77. The van der Waals surface area contributed by atoms with Gasteiger partial charge in [-0.15, -0.1) is 0 Å². The second-order valence-electron chi connectivity index (χ2n) is 5.99. The first-order chi connectivity index (χ1) is 13.0. The van der Waals surface area contributed by atoms with Crippen molar-refractivity contribution in [1.82, 2.24) is 20.4 Å². The lowest BCUT2D eigenvalue weighted by Crippen LogP contribution is -2.23. The van der Waals surface area contributed by atoms with Gasteiger partial charge in [0.05, 0.1) is 23.1 Å². The van der Waals surface area contributed by atoms with Gasteiger partial charge in [0.25, 0.3) is 11.8 Å². The van der Waals surface area contributed by atoms with Crippen LogP contribution in [0.25, 0.3) is 5.69 Å². The molecule has 0 unspecified atom stereocenters. The van der Waals surface area contributed by atoms with Gasteiger partial charge < -0.3 is 10.6 Å². The molecule has 2 aromatic carbocycles. The minimum absolute atomic E-state index is 0.144. The predicted octanol–water partition coefficient (Wildman–Crippen LogP) is 3.12. The molecule has 27 heavy (non-hydrogen) atoms. The van der Waals surface area contributed by atoms with Gasteiger partial charge in [0.1, 0.15) is 0 Å². The van der Waals surface area contributed by atoms with Gasteiger partial charge in [-0.25, -0.2) is 4.68 Å². The molecular formula is C20H19ClN4O2. The molecule has 0 spiro atoms. The Morgan fingerprint density at radius 1 is 1.11 bits per heavy atom. The van der Waals surface area contributed by atoms with Crippen LogP contribution in [0, 0.1) is 6.92 Å². The fourth-order valence-electron chi connectivity index (χ4n) is 2.70. The highest BCUT2D eigenvalue weighted by atomic mass is 35.5. The lowest BCUT2D eigenvalue weighted by atomic mass is 10.1. The zero-order valence-corrected chi connectivity index (χ0v) is 15.7. The highest BCUT2D eigenvalue weighted by molar-refractivity contribution is 6.30. The zero-order chi connectivity index (χ0) is 19.4. The van der Waals surface area contributed by atoms with Gasteiger partial charge in [0.15, 0.2) is 0 Å². The van der Waals surface area contributed by atoms with Crippen LogP contribution in [-0.2, 0) is 6.54 Å². The zero-order valence-electron chi connectivity index (χ0n) is 15.0. The summed E-state index contributed by atoms with van der Waals surface area (Å²) in [7, 11) is 1.59. The van der Waals surface area contributed by atoms with E-state index in [-0.39, 0.29) is 11.8 Å². The molecule has 3 aromatic rings. The summed E-state index contributed by atoms with van der Waals surface area (Å²) in [4.78, 5) is 24.1. The molecule has 1 aromatic heterocycles. The molecule has 138 valence electrons. The number of carbonyl (C=O) groups is 2. The fourth-order valence-corrected chi connectivity index (χ4v) is 2.88. The molecule has 2 N–H and O–H groups in total. The molecule has 0 atom stereocenters. The standard InChI is InChI=1S/C20H19ClN4O2/c1-13-18(12-24-25(13)17-5-3-4-16(21)10-17)20(27)23-11-14-6-8-15(9-7-14)19(26)22-2/h3-10,12H,11H2,1-2H3,(H,22,26)(H,23,27). The number of rotatable bonds is 5. The minimum Gasteiger partial charge on any atom is -0.355 e. The van der Waals surface area contributed by atoms with E-state index in [1.54, 1.807) is 42.2 Å². The smallest absolute Gasteiger partial charge is 0.255 e. The first-order valence-electron chi connectivity index (χ1n) is 8.39. The molecule has 0 saturated heterocycles. The van der Waals surface area contributed by atoms with Gasteiger partial charge in [-0.1, -0.05) is 29.8 Å². The molecule has 0 bridgehead atoms. The number of hydrogen-bond acceptors (Lipinski definition) is 3. The van der Waals surface area contributed by atoms with Crippen molar-refractivity contribution in [2.45, 2.75) is 13.5 Å². The van der Waals surface area contributed by atoms with E-state index in [1.807, 2.05) is 31.2 Å². The first kappa shape index (κ1) is 18.7. The van der Waals surface area contributed by atoms with Crippen LogP contribution in [0.4, 0.5) is 0 Å². The van der Waals surface area contributed by atoms with Crippen molar-refractivity contribution in [3.05, 3.63) is 82.1 Å². The maximum absolute atomic E-state index is 12.5. The highest BCUT2D eigenvalue weighted by Crippen LogP contribution is 2.18. The maximum atomic E-state index is 12.5. The molecule has 3 rings (SSSR count). The summed E-state index contributed by atoms with van der Waals surface area (Å²) >= 11 is 6.03. The number of nitrogens with one attached hydrogen (secondary N) is 2. The normalized spacial score (nSPS) is 10.5. The van der Waals surface area contributed by atoms with Gasteiger partial charge >= 0.3 is 0 Å². The van der Waals surface area contributed by atoms with Gasteiger partial charge in [-0.3, -0.25) is 9.59 Å². The van der Waals surface area contributed by atoms with Crippen molar-refractivity contribution < 1.29 is 9.59 Å². The van der Waals surface area contributed by atoms with E-state index < -0.39 is 0 Å². The number of halogens is 1. The number of carbonyl (C=O) groups excluding carboxylic acids is 2. The van der Waals surface area contributed by atoms with Crippen molar-refractivity contribution in [3.63, 3.8) is 0 Å². The van der Waals surface area contributed by atoms with Gasteiger partial charge in [0.2, 0.25) is 0 Å². The predicted molar refractivity (Wildman–Crippen MR) is 104 cm³/mol. The number of nitrogens with zero attached hydrogens (tertiary/aromatic N) is 2. The number of aromatic nitrogens is 2. The van der Waals surface area contributed by atoms with Crippen molar-refractivity contribution in [3.8, 4) is 5.69 Å². The van der Waals surface area contributed by atoms with E-state index in [0.29, 0.717) is 22.7 Å². The Morgan fingerprint density at radius 2 is 1.85 bits per heavy atom. The second-order valence-corrected chi connectivity index (χ2v) is 6.43. The summed E-state index contributed by atoms with van der Waals surface area (Å²) in [6, 6.07) is 14.4. The summed E-state index contributed by atoms with van der Waals surface area (Å²) in [5.41, 5.74) is 3.49. The Bertz CT molecular complexity index is 980. The SMILES string of the molecule is CNC(=O)c1ccc(CNC(=O)c2cnn(-c3cccc(Cl)c3)c2C)cc1. The van der Waals surface area contributed by atoms with Gasteiger partial charge in [-0.05, 0) is 42.8 Å². The maximum Gasteiger partial charge on any atom is 0.255 e. The highest BCUT2D eigenvalue weighted by Gasteiger charge is 2.15. The van der Waals surface area contributed by atoms with Crippen molar-refractivity contribution in [2.75, 3.05) is 7.05 Å². The molecule has 0 fully saturated rings. The van der Waals surface area contributed by atoms with Crippen LogP contribution in [0.3, 0.4) is 0 Å². The van der Waals surface area contributed by atoms with Crippen molar-refractivity contribution >= 4 is 23.4 Å². The summed E-state index contributed by atoms with van der Waals surface area (Å²) in [5, 5.41) is 10.3. The molecule has 1 heterocycles. The van der Waals surface area contributed by atoms with E-state index in [1.165, 1.54) is 0 Å². The van der Waals surface area contributed by atoms with Crippen molar-refractivity contribution in [2.24, 2.45) is 0 Å². The average Bonchev–Trinajstić information content (AvgIpc) is 3.07. The number of amides is 2. The molecule has 2 amide bonds. The van der Waals surface area contributed by atoms with Crippen LogP contribution in [0.5, 0.6) is 0 Å². The molecule has 0 saturated carbocycles. The number of hydrogen-bond donors (Lipinski definition) is 2. The molecule has 0 aliphatic rings. The Kier molecular flexibility index (Phi) is 5.57. The lowest BCUT2D eigenvalue weighted by Gasteiger charge is -2.08. The summed E-state index contributed by atoms with van der Waals surface area (Å²) in [6.45, 7) is 2.19. The monoisotopic (exact) mass is 382 g/mol. The largest absolute Gasteiger partial charge is 0.355 e. The third kappa shape index (κ3) is 4.17. The second kappa shape index (κ2) is 8.05. The lowest BCUT2D eigenvalue weighted by molar-refractivity contribution is 0.0945. The minimum atomic E-state index is -0.212. The molecule has 7 heteroatoms. The average molecular weight is 383 g/mol. The van der Waals surface area contributed by atoms with Crippen LogP contribution in [0.1, 0.15) is 32.0 Å². The Morgan fingerprint density at radius 3 is 2.52 bits per heavy atom. The molecule has 0 aliphatic carbocycles. The van der Waals surface area contributed by atoms with E-state index in [2.05, 4.69) is 15.7 Å². The quantitative estimate of drug-likeness (QED) is 0.711. The number of benzene rings is 2.